The van der Waals surface area contributed by atoms with Crippen LogP contribution in [0.2, 0.25) is 0 Å². The van der Waals surface area contributed by atoms with Crippen molar-refractivity contribution in [1.29, 1.82) is 0 Å². The Kier molecular flexibility index (Phi) is 3.11. The van der Waals surface area contributed by atoms with E-state index in [1.54, 1.807) is 11.3 Å². The highest BCUT2D eigenvalue weighted by atomic mass is 32.1. The minimum atomic E-state index is 1.11. The lowest BCUT2D eigenvalue weighted by Gasteiger charge is -1.92. The van der Waals surface area contributed by atoms with Gasteiger partial charge in [-0.3, -0.25) is 4.98 Å². The van der Waals surface area contributed by atoms with E-state index in [0.29, 0.717) is 0 Å². The van der Waals surface area contributed by atoms with E-state index in [9.17, 15) is 0 Å². The van der Waals surface area contributed by atoms with Gasteiger partial charge in [-0.25, -0.2) is 4.98 Å². The van der Waals surface area contributed by atoms with Gasteiger partial charge < -0.3 is 0 Å². The average molecular weight is 218 g/mol. The molecule has 0 aliphatic heterocycles. The Hall–Kier alpha value is -1.22. The summed E-state index contributed by atoms with van der Waals surface area (Å²) >= 11 is 1.80. The third-order valence-corrected chi connectivity index (χ3v) is 3.56. The van der Waals surface area contributed by atoms with Crippen molar-refractivity contribution < 1.29 is 0 Å². The van der Waals surface area contributed by atoms with E-state index in [-0.39, 0.29) is 0 Å². The van der Waals surface area contributed by atoms with Crippen LogP contribution in [0.15, 0.2) is 24.5 Å². The number of hydrogen-bond acceptors (Lipinski definition) is 3. The molecular formula is C12H14N2S. The SMILES string of the molecule is CCCc1sc(-c2ccncc2)nc1C. The summed E-state index contributed by atoms with van der Waals surface area (Å²) in [5, 5.41) is 1.11. The summed E-state index contributed by atoms with van der Waals surface area (Å²) in [4.78, 5) is 10.0. The molecule has 0 amide bonds. The molecule has 0 spiro atoms. The molecule has 2 aromatic rings. The molecule has 0 bridgehead atoms. The summed E-state index contributed by atoms with van der Waals surface area (Å²) in [6.45, 7) is 4.29. The van der Waals surface area contributed by atoms with Crippen LogP contribution in [0.4, 0.5) is 0 Å². The van der Waals surface area contributed by atoms with E-state index in [2.05, 4.69) is 23.8 Å². The van der Waals surface area contributed by atoms with E-state index in [1.165, 1.54) is 22.6 Å². The molecule has 0 radical (unpaired) electrons. The zero-order chi connectivity index (χ0) is 10.7. The van der Waals surface area contributed by atoms with Crippen molar-refractivity contribution in [3.05, 3.63) is 35.1 Å². The number of rotatable bonds is 3. The summed E-state index contributed by atoms with van der Waals surface area (Å²) in [7, 11) is 0. The lowest BCUT2D eigenvalue weighted by Crippen LogP contribution is -1.81. The van der Waals surface area contributed by atoms with E-state index >= 15 is 0 Å². The molecule has 0 saturated carbocycles. The normalized spacial score (nSPS) is 10.5. The Balaban J connectivity index is 2.34. The van der Waals surface area contributed by atoms with Crippen LogP contribution in [0, 0.1) is 6.92 Å². The predicted molar refractivity (Wildman–Crippen MR) is 64.1 cm³/mol. The second kappa shape index (κ2) is 4.53. The Morgan fingerprint density at radius 3 is 2.67 bits per heavy atom. The molecule has 2 aromatic heterocycles. The third-order valence-electron chi connectivity index (χ3n) is 2.30. The van der Waals surface area contributed by atoms with Gasteiger partial charge in [0.15, 0.2) is 0 Å². The second-order valence-corrected chi connectivity index (χ2v) is 4.60. The van der Waals surface area contributed by atoms with Crippen LogP contribution in [-0.2, 0) is 6.42 Å². The minimum absolute atomic E-state index is 1.11. The highest BCUT2D eigenvalue weighted by Crippen LogP contribution is 2.27. The van der Waals surface area contributed by atoms with Crippen LogP contribution < -0.4 is 0 Å². The summed E-state index contributed by atoms with van der Waals surface area (Å²) in [5.74, 6) is 0. The van der Waals surface area contributed by atoms with Gasteiger partial charge in [0, 0.05) is 22.8 Å². The maximum atomic E-state index is 4.59. The van der Waals surface area contributed by atoms with Crippen molar-refractivity contribution in [3.63, 3.8) is 0 Å². The number of nitrogens with zero attached hydrogens (tertiary/aromatic N) is 2. The first-order valence-electron chi connectivity index (χ1n) is 5.18. The Labute approximate surface area is 94.0 Å². The van der Waals surface area contributed by atoms with Gasteiger partial charge in [-0.2, -0.15) is 0 Å². The lowest BCUT2D eigenvalue weighted by atomic mass is 10.2. The molecule has 0 N–H and O–H groups in total. The van der Waals surface area contributed by atoms with Crippen LogP contribution in [0.25, 0.3) is 10.6 Å². The Morgan fingerprint density at radius 2 is 2.00 bits per heavy atom. The summed E-state index contributed by atoms with van der Waals surface area (Å²) in [6, 6.07) is 4.02. The van der Waals surface area contributed by atoms with Gasteiger partial charge in [-0.1, -0.05) is 13.3 Å². The molecule has 0 aromatic carbocycles. The first kappa shape index (κ1) is 10.3. The fourth-order valence-electron chi connectivity index (χ4n) is 1.51. The number of aryl methyl sites for hydroxylation is 2. The second-order valence-electron chi connectivity index (χ2n) is 3.51. The van der Waals surface area contributed by atoms with Gasteiger partial charge in [0.25, 0.3) is 0 Å². The van der Waals surface area contributed by atoms with Gasteiger partial charge in [-0.05, 0) is 25.5 Å². The van der Waals surface area contributed by atoms with Crippen molar-refractivity contribution in [2.45, 2.75) is 26.7 Å². The van der Waals surface area contributed by atoms with E-state index in [4.69, 9.17) is 0 Å². The molecule has 15 heavy (non-hydrogen) atoms. The van der Waals surface area contributed by atoms with E-state index in [0.717, 1.165) is 11.4 Å². The highest BCUT2D eigenvalue weighted by Gasteiger charge is 2.07. The number of pyridine rings is 1. The number of aromatic nitrogens is 2. The fourth-order valence-corrected chi connectivity index (χ4v) is 2.67. The van der Waals surface area contributed by atoms with Crippen LogP contribution in [0.5, 0.6) is 0 Å². The third kappa shape index (κ3) is 2.23. The smallest absolute Gasteiger partial charge is 0.123 e. The lowest BCUT2D eigenvalue weighted by molar-refractivity contribution is 0.925. The molecule has 0 atom stereocenters. The van der Waals surface area contributed by atoms with Crippen LogP contribution in [0.3, 0.4) is 0 Å². The summed E-state index contributed by atoms with van der Waals surface area (Å²) in [6.07, 6.45) is 5.94. The maximum Gasteiger partial charge on any atom is 0.123 e. The quantitative estimate of drug-likeness (QED) is 0.788. The first-order valence-corrected chi connectivity index (χ1v) is 5.99. The van der Waals surface area contributed by atoms with E-state index < -0.39 is 0 Å². The summed E-state index contributed by atoms with van der Waals surface area (Å²) in [5.41, 5.74) is 2.34. The molecule has 0 aliphatic rings. The van der Waals surface area contributed by atoms with Gasteiger partial charge >= 0.3 is 0 Å². The van der Waals surface area contributed by atoms with Crippen LogP contribution in [-0.4, -0.2) is 9.97 Å². The van der Waals surface area contributed by atoms with Gasteiger partial charge in [0.1, 0.15) is 5.01 Å². The number of thiazole rings is 1. The highest BCUT2D eigenvalue weighted by molar-refractivity contribution is 7.15. The molecule has 3 heteroatoms. The van der Waals surface area contributed by atoms with Crippen molar-refractivity contribution in [1.82, 2.24) is 9.97 Å². The Morgan fingerprint density at radius 1 is 1.27 bits per heavy atom. The van der Waals surface area contributed by atoms with Crippen LogP contribution >= 0.6 is 11.3 Å². The molecule has 0 saturated heterocycles. The van der Waals surface area contributed by atoms with Crippen molar-refractivity contribution in [3.8, 4) is 10.6 Å². The average Bonchev–Trinajstić information content (AvgIpc) is 2.63. The van der Waals surface area contributed by atoms with Gasteiger partial charge in [-0.15, -0.1) is 11.3 Å². The molecule has 2 heterocycles. The topological polar surface area (TPSA) is 25.8 Å². The van der Waals surface area contributed by atoms with Crippen molar-refractivity contribution in [2.75, 3.05) is 0 Å². The maximum absolute atomic E-state index is 4.59. The summed E-state index contributed by atoms with van der Waals surface area (Å²) < 4.78 is 0. The first-order chi connectivity index (χ1) is 7.31. The molecule has 2 rings (SSSR count). The molecule has 2 nitrogen and oxygen atoms in total. The molecule has 0 fully saturated rings. The standard InChI is InChI=1S/C12H14N2S/c1-3-4-11-9(2)14-12(15-11)10-5-7-13-8-6-10/h5-8H,3-4H2,1-2H3. The fraction of sp³-hybridized carbons (Fsp3) is 0.333. The van der Waals surface area contributed by atoms with E-state index in [1.807, 2.05) is 24.5 Å². The van der Waals surface area contributed by atoms with Crippen molar-refractivity contribution in [2.24, 2.45) is 0 Å². The van der Waals surface area contributed by atoms with Crippen molar-refractivity contribution >= 4 is 11.3 Å². The predicted octanol–water partition coefficient (Wildman–Crippen LogP) is 3.47. The zero-order valence-electron chi connectivity index (χ0n) is 9.03. The molecule has 78 valence electrons. The van der Waals surface area contributed by atoms with Crippen LogP contribution in [0.1, 0.15) is 23.9 Å². The zero-order valence-corrected chi connectivity index (χ0v) is 9.84. The van der Waals surface area contributed by atoms with Gasteiger partial charge in [0.05, 0.1) is 5.69 Å². The molecule has 0 unspecified atom stereocenters. The Bertz CT molecular complexity index is 434. The largest absolute Gasteiger partial charge is 0.265 e. The monoisotopic (exact) mass is 218 g/mol. The van der Waals surface area contributed by atoms with Gasteiger partial charge in [0.2, 0.25) is 0 Å². The molecular weight excluding hydrogens is 204 g/mol. The number of hydrogen-bond donors (Lipinski definition) is 0. The minimum Gasteiger partial charge on any atom is -0.265 e. The molecule has 0 aliphatic carbocycles.